The number of aliphatic hydroxyl groups excluding tert-OH is 1. The number of rotatable bonds is 4. The van der Waals surface area contributed by atoms with Crippen LogP contribution in [0.2, 0.25) is 0 Å². The fraction of sp³-hybridized carbons (Fsp3) is 0.167. The number of carboxylic acid groups (broad SMARTS) is 1. The van der Waals surface area contributed by atoms with Crippen molar-refractivity contribution in [2.75, 3.05) is 6.54 Å². The number of hydrogen-bond donors (Lipinski definition) is 3. The zero-order chi connectivity index (χ0) is 14.0. The van der Waals surface area contributed by atoms with E-state index in [2.05, 4.69) is 5.32 Å². The highest BCUT2D eigenvalue weighted by molar-refractivity contribution is 7.20. The highest BCUT2D eigenvalue weighted by atomic mass is 32.1. The number of hydrogen-bond acceptors (Lipinski definition) is 4. The second-order valence-corrected chi connectivity index (χ2v) is 4.91. The third-order valence-corrected chi connectivity index (χ3v) is 3.57. The molecule has 2 aromatic rings. The van der Waals surface area contributed by atoms with Crippen LogP contribution in [0.5, 0.6) is 0 Å². The van der Waals surface area contributed by atoms with Crippen molar-refractivity contribution in [3.63, 3.8) is 0 Å². The van der Waals surface area contributed by atoms with Crippen molar-refractivity contribution in [1.82, 2.24) is 5.32 Å². The predicted octanol–water partition coefficient (Wildman–Crippen LogP) is 1.22. The first-order chi connectivity index (χ1) is 8.99. The number of fused-ring (bicyclic) bond motifs is 1. The molecule has 1 heterocycles. The number of halogens is 1. The van der Waals surface area contributed by atoms with Crippen LogP contribution >= 0.6 is 11.3 Å². The van der Waals surface area contributed by atoms with E-state index in [1.54, 1.807) is 12.1 Å². The molecular formula is C12H10FNO4S. The van der Waals surface area contributed by atoms with Crippen molar-refractivity contribution < 1.29 is 24.2 Å². The Kier molecular flexibility index (Phi) is 3.77. The van der Waals surface area contributed by atoms with Crippen molar-refractivity contribution in [3.05, 3.63) is 35.0 Å². The minimum atomic E-state index is -1.66. The summed E-state index contributed by atoms with van der Waals surface area (Å²) in [6.07, 6.45) is -1.66. The third-order valence-electron chi connectivity index (χ3n) is 2.47. The molecule has 0 bridgehead atoms. The molecule has 19 heavy (non-hydrogen) atoms. The number of thiophene rings is 1. The van der Waals surface area contributed by atoms with Gasteiger partial charge in [0.1, 0.15) is 5.82 Å². The summed E-state index contributed by atoms with van der Waals surface area (Å²) in [5.41, 5.74) is 0. The van der Waals surface area contributed by atoms with E-state index in [4.69, 9.17) is 10.2 Å². The molecule has 0 aliphatic carbocycles. The molecule has 0 aliphatic rings. The molecule has 2 rings (SSSR count). The zero-order valence-corrected chi connectivity index (χ0v) is 10.4. The van der Waals surface area contributed by atoms with Gasteiger partial charge in [0.15, 0.2) is 6.10 Å². The van der Waals surface area contributed by atoms with Crippen molar-refractivity contribution in [3.8, 4) is 0 Å². The number of carbonyl (C=O) groups excluding carboxylic acids is 1. The maximum Gasteiger partial charge on any atom is 0.334 e. The summed E-state index contributed by atoms with van der Waals surface area (Å²) in [6.45, 7) is -0.398. The highest BCUT2D eigenvalue weighted by Crippen LogP contribution is 2.27. The average Bonchev–Trinajstić information content (AvgIpc) is 2.80. The number of aliphatic hydroxyl groups is 1. The van der Waals surface area contributed by atoms with Crippen LogP contribution in [0.25, 0.3) is 10.1 Å². The molecule has 0 unspecified atom stereocenters. The first-order valence-electron chi connectivity index (χ1n) is 5.36. The first-order valence-corrected chi connectivity index (χ1v) is 6.18. The maximum atomic E-state index is 13.4. The van der Waals surface area contributed by atoms with Gasteiger partial charge in [0.05, 0.1) is 11.4 Å². The van der Waals surface area contributed by atoms with Crippen LogP contribution < -0.4 is 5.32 Å². The summed E-state index contributed by atoms with van der Waals surface area (Å²) in [5, 5.41) is 20.1. The van der Waals surface area contributed by atoms with Gasteiger partial charge in [-0.3, -0.25) is 4.79 Å². The molecule has 3 N–H and O–H groups in total. The lowest BCUT2D eigenvalue weighted by Gasteiger charge is -2.06. The van der Waals surface area contributed by atoms with Crippen molar-refractivity contribution in [1.29, 1.82) is 0 Å². The van der Waals surface area contributed by atoms with Gasteiger partial charge in [-0.05, 0) is 18.2 Å². The second-order valence-electron chi connectivity index (χ2n) is 3.83. The Bertz CT molecular complexity index is 640. The van der Waals surface area contributed by atoms with Gasteiger partial charge in [-0.15, -0.1) is 11.3 Å². The Hall–Kier alpha value is -1.99. The summed E-state index contributed by atoms with van der Waals surface area (Å²) < 4.78 is 14.1. The van der Waals surface area contributed by atoms with Gasteiger partial charge in [0.2, 0.25) is 0 Å². The molecule has 7 heteroatoms. The van der Waals surface area contributed by atoms with E-state index in [-0.39, 0.29) is 4.88 Å². The van der Waals surface area contributed by atoms with Gasteiger partial charge in [-0.2, -0.15) is 0 Å². The molecule has 0 spiro atoms. The smallest absolute Gasteiger partial charge is 0.334 e. The number of nitrogens with one attached hydrogen (secondary N) is 1. The first kappa shape index (κ1) is 13.4. The van der Waals surface area contributed by atoms with Gasteiger partial charge < -0.3 is 15.5 Å². The van der Waals surface area contributed by atoms with Crippen LogP contribution in [0, 0.1) is 5.82 Å². The van der Waals surface area contributed by atoms with E-state index in [1.807, 2.05) is 0 Å². The van der Waals surface area contributed by atoms with Crippen molar-refractivity contribution in [2.45, 2.75) is 6.10 Å². The monoisotopic (exact) mass is 283 g/mol. The molecule has 0 saturated heterocycles. The lowest BCUT2D eigenvalue weighted by atomic mass is 10.2. The predicted molar refractivity (Wildman–Crippen MR) is 67.8 cm³/mol. The molecule has 0 radical (unpaired) electrons. The van der Waals surface area contributed by atoms with E-state index < -0.39 is 30.3 Å². The SMILES string of the molecule is O=C(NC[C@H](O)C(=O)O)c1cc2c(F)cccc2s1. The Morgan fingerprint density at radius 1 is 1.42 bits per heavy atom. The van der Waals surface area contributed by atoms with Crippen LogP contribution in [-0.2, 0) is 4.79 Å². The molecule has 0 saturated carbocycles. The largest absolute Gasteiger partial charge is 0.479 e. The van der Waals surface area contributed by atoms with Crippen LogP contribution in [0.15, 0.2) is 24.3 Å². The Labute approximate surface area is 111 Å². The lowest BCUT2D eigenvalue weighted by Crippen LogP contribution is -2.36. The number of amides is 1. The number of aliphatic carboxylic acids is 1. The summed E-state index contributed by atoms with van der Waals surface area (Å²) in [6, 6.07) is 5.93. The van der Waals surface area contributed by atoms with Crippen molar-refractivity contribution >= 4 is 33.3 Å². The fourth-order valence-corrected chi connectivity index (χ4v) is 2.49. The van der Waals surface area contributed by atoms with Gasteiger partial charge in [0.25, 0.3) is 5.91 Å². The number of carbonyl (C=O) groups is 2. The molecule has 0 aliphatic heterocycles. The standard InChI is InChI=1S/C12H10FNO4S/c13-7-2-1-3-9-6(7)4-10(19-9)11(16)14-5-8(15)12(17)18/h1-4,8,15H,5H2,(H,14,16)(H,17,18)/t8-/m0/s1. The van der Waals surface area contributed by atoms with E-state index >= 15 is 0 Å². The third kappa shape index (κ3) is 2.88. The maximum absolute atomic E-state index is 13.4. The summed E-state index contributed by atoms with van der Waals surface area (Å²) >= 11 is 1.10. The molecule has 1 aromatic carbocycles. The van der Waals surface area contributed by atoms with E-state index in [1.165, 1.54) is 12.1 Å². The van der Waals surface area contributed by atoms with Crippen LogP contribution in [0.1, 0.15) is 9.67 Å². The summed E-state index contributed by atoms with van der Waals surface area (Å²) in [7, 11) is 0. The summed E-state index contributed by atoms with van der Waals surface area (Å²) in [5.74, 6) is -2.37. The normalized spacial score (nSPS) is 12.3. The number of carboxylic acids is 1. The quantitative estimate of drug-likeness (QED) is 0.787. The molecule has 0 fully saturated rings. The van der Waals surface area contributed by atoms with Gasteiger partial charge >= 0.3 is 5.97 Å². The molecule has 100 valence electrons. The highest BCUT2D eigenvalue weighted by Gasteiger charge is 2.16. The minimum absolute atomic E-state index is 0.262. The minimum Gasteiger partial charge on any atom is -0.479 e. The molecule has 1 atom stereocenters. The molecular weight excluding hydrogens is 273 g/mol. The van der Waals surface area contributed by atoms with E-state index in [0.717, 1.165) is 11.3 Å². The average molecular weight is 283 g/mol. The van der Waals surface area contributed by atoms with Gasteiger partial charge in [-0.1, -0.05) is 6.07 Å². The molecule has 5 nitrogen and oxygen atoms in total. The summed E-state index contributed by atoms with van der Waals surface area (Å²) in [4.78, 5) is 22.4. The van der Waals surface area contributed by atoms with Crippen LogP contribution in [0.3, 0.4) is 0 Å². The van der Waals surface area contributed by atoms with Crippen LogP contribution in [0.4, 0.5) is 4.39 Å². The topological polar surface area (TPSA) is 86.6 Å². The molecule has 1 aromatic heterocycles. The van der Waals surface area contributed by atoms with Gasteiger partial charge in [-0.25, -0.2) is 9.18 Å². The molecule has 1 amide bonds. The Morgan fingerprint density at radius 3 is 2.79 bits per heavy atom. The zero-order valence-electron chi connectivity index (χ0n) is 9.59. The lowest BCUT2D eigenvalue weighted by molar-refractivity contribution is -0.146. The van der Waals surface area contributed by atoms with E-state index in [9.17, 15) is 14.0 Å². The van der Waals surface area contributed by atoms with E-state index in [0.29, 0.717) is 10.1 Å². The van der Waals surface area contributed by atoms with Gasteiger partial charge in [0, 0.05) is 10.1 Å². The second kappa shape index (κ2) is 5.33. The van der Waals surface area contributed by atoms with Crippen molar-refractivity contribution in [2.24, 2.45) is 0 Å². The Balaban J connectivity index is 2.14. The van der Waals surface area contributed by atoms with Crippen LogP contribution in [-0.4, -0.2) is 34.7 Å². The fourth-order valence-electron chi connectivity index (χ4n) is 1.50. The Morgan fingerprint density at radius 2 is 2.16 bits per heavy atom. The number of benzene rings is 1.